The standard InChI is InChI=1S/C19H23N3O4/c1-19(2,3)26-18(23)21-10-6-8-14(12-21)17-16(22(24)25)11-13-7-4-5-9-15(13)20-17/h4-5,7,9,11,14H,6,8,10,12H2,1-3H3/t14-/m0/s1. The number of pyridine rings is 1. The summed E-state index contributed by atoms with van der Waals surface area (Å²) in [5.74, 6) is -0.179. The van der Waals surface area contributed by atoms with Crippen molar-refractivity contribution in [1.82, 2.24) is 9.88 Å². The summed E-state index contributed by atoms with van der Waals surface area (Å²) >= 11 is 0. The molecule has 0 radical (unpaired) electrons. The number of hydrogen-bond donors (Lipinski definition) is 0. The zero-order valence-electron chi connectivity index (χ0n) is 15.3. The molecule has 0 bridgehead atoms. The first-order chi connectivity index (χ1) is 12.2. The summed E-state index contributed by atoms with van der Waals surface area (Å²) < 4.78 is 5.44. The number of benzene rings is 1. The fraction of sp³-hybridized carbons (Fsp3) is 0.474. The highest BCUT2D eigenvalue weighted by atomic mass is 16.6. The number of ether oxygens (including phenoxy) is 1. The molecule has 0 saturated carbocycles. The Labute approximate surface area is 152 Å². The van der Waals surface area contributed by atoms with Gasteiger partial charge in [0.25, 0.3) is 5.69 Å². The molecule has 1 atom stereocenters. The third-order valence-electron chi connectivity index (χ3n) is 4.39. The van der Waals surface area contributed by atoms with E-state index in [0.29, 0.717) is 18.8 Å². The third kappa shape index (κ3) is 3.92. The molecule has 0 aliphatic carbocycles. The molecule has 1 amide bonds. The summed E-state index contributed by atoms with van der Waals surface area (Å²) in [6.45, 7) is 6.43. The second-order valence-corrected chi connectivity index (χ2v) is 7.61. The Morgan fingerprint density at radius 2 is 2.08 bits per heavy atom. The lowest BCUT2D eigenvalue weighted by Gasteiger charge is -2.33. The number of likely N-dealkylation sites (tertiary alicyclic amines) is 1. The van der Waals surface area contributed by atoms with Crippen LogP contribution in [0.2, 0.25) is 0 Å². The van der Waals surface area contributed by atoms with Crippen LogP contribution in [-0.4, -0.2) is 39.6 Å². The van der Waals surface area contributed by atoms with Crippen LogP contribution in [0.5, 0.6) is 0 Å². The van der Waals surface area contributed by atoms with Crippen molar-refractivity contribution < 1.29 is 14.5 Å². The number of piperidine rings is 1. The van der Waals surface area contributed by atoms with E-state index in [4.69, 9.17) is 4.74 Å². The van der Waals surface area contributed by atoms with Crippen LogP contribution in [0.4, 0.5) is 10.5 Å². The van der Waals surface area contributed by atoms with Crippen LogP contribution in [-0.2, 0) is 4.74 Å². The molecule has 138 valence electrons. The summed E-state index contributed by atoms with van der Waals surface area (Å²) in [5, 5.41) is 12.3. The van der Waals surface area contributed by atoms with Crippen molar-refractivity contribution >= 4 is 22.7 Å². The van der Waals surface area contributed by atoms with Gasteiger partial charge in [0, 0.05) is 30.5 Å². The lowest BCUT2D eigenvalue weighted by atomic mass is 9.93. The highest BCUT2D eigenvalue weighted by Gasteiger charge is 2.32. The van der Waals surface area contributed by atoms with E-state index in [1.165, 1.54) is 0 Å². The fourth-order valence-electron chi connectivity index (χ4n) is 3.26. The molecule has 1 fully saturated rings. The Morgan fingerprint density at radius 3 is 2.77 bits per heavy atom. The molecule has 3 rings (SSSR count). The Hall–Kier alpha value is -2.70. The molecule has 0 spiro atoms. The molecule has 1 aliphatic heterocycles. The SMILES string of the molecule is CC(C)(C)OC(=O)N1CCC[C@H](c2nc3ccccc3cc2[N+](=O)[O-])C1. The average Bonchev–Trinajstić information content (AvgIpc) is 2.59. The first-order valence-electron chi connectivity index (χ1n) is 8.76. The van der Waals surface area contributed by atoms with Crippen molar-refractivity contribution in [2.75, 3.05) is 13.1 Å². The lowest BCUT2D eigenvalue weighted by Crippen LogP contribution is -2.42. The Balaban J connectivity index is 1.91. The third-order valence-corrected chi connectivity index (χ3v) is 4.39. The molecule has 0 N–H and O–H groups in total. The maximum Gasteiger partial charge on any atom is 0.410 e. The zero-order valence-corrected chi connectivity index (χ0v) is 15.3. The van der Waals surface area contributed by atoms with E-state index in [2.05, 4.69) is 4.98 Å². The van der Waals surface area contributed by atoms with Crippen molar-refractivity contribution in [3.63, 3.8) is 0 Å². The van der Waals surface area contributed by atoms with E-state index in [1.807, 2.05) is 45.0 Å². The number of amides is 1. The van der Waals surface area contributed by atoms with Gasteiger partial charge in [0.15, 0.2) is 0 Å². The second kappa shape index (κ2) is 6.90. The fourth-order valence-corrected chi connectivity index (χ4v) is 3.26. The zero-order chi connectivity index (χ0) is 18.9. The van der Waals surface area contributed by atoms with Crippen molar-refractivity contribution in [1.29, 1.82) is 0 Å². The molecule has 2 aromatic rings. The van der Waals surface area contributed by atoms with Gasteiger partial charge in [-0.25, -0.2) is 9.78 Å². The number of carbonyl (C=O) groups excluding carboxylic acids is 1. The molecule has 7 nitrogen and oxygen atoms in total. The van der Waals surface area contributed by atoms with Crippen molar-refractivity contribution in [3.05, 3.63) is 46.1 Å². The van der Waals surface area contributed by atoms with Crippen LogP contribution in [0.15, 0.2) is 30.3 Å². The van der Waals surface area contributed by atoms with E-state index >= 15 is 0 Å². The number of aromatic nitrogens is 1. The minimum atomic E-state index is -0.572. The van der Waals surface area contributed by atoms with Crippen molar-refractivity contribution in [2.24, 2.45) is 0 Å². The van der Waals surface area contributed by atoms with Gasteiger partial charge in [0.2, 0.25) is 0 Å². The van der Waals surface area contributed by atoms with Gasteiger partial charge in [0.1, 0.15) is 11.3 Å². The maximum atomic E-state index is 12.4. The minimum Gasteiger partial charge on any atom is -0.444 e. The second-order valence-electron chi connectivity index (χ2n) is 7.61. The van der Waals surface area contributed by atoms with E-state index < -0.39 is 5.60 Å². The number of hydrogen-bond acceptors (Lipinski definition) is 5. The van der Waals surface area contributed by atoms with Gasteiger partial charge in [0.05, 0.1) is 10.4 Å². The number of nitrogens with zero attached hydrogens (tertiary/aromatic N) is 3. The number of nitro groups is 1. The predicted molar refractivity (Wildman–Crippen MR) is 98.2 cm³/mol. The van der Waals surface area contributed by atoms with Crippen molar-refractivity contribution in [2.45, 2.75) is 45.1 Å². The highest BCUT2D eigenvalue weighted by molar-refractivity contribution is 5.81. The van der Waals surface area contributed by atoms with E-state index in [9.17, 15) is 14.9 Å². The van der Waals surface area contributed by atoms with Crippen LogP contribution in [0.1, 0.15) is 45.2 Å². The van der Waals surface area contributed by atoms with Crippen LogP contribution in [0, 0.1) is 10.1 Å². The summed E-state index contributed by atoms with van der Waals surface area (Å²) in [4.78, 5) is 29.7. The summed E-state index contributed by atoms with van der Waals surface area (Å²) in [6, 6.07) is 8.92. The largest absolute Gasteiger partial charge is 0.444 e. The van der Waals surface area contributed by atoms with Crippen molar-refractivity contribution in [3.8, 4) is 0 Å². The normalized spacial score (nSPS) is 18.0. The number of fused-ring (bicyclic) bond motifs is 1. The van der Waals surface area contributed by atoms with Gasteiger partial charge in [-0.3, -0.25) is 10.1 Å². The van der Waals surface area contributed by atoms with Gasteiger partial charge in [-0.05, 0) is 39.7 Å². The Bertz CT molecular complexity index is 844. The van der Waals surface area contributed by atoms with E-state index in [1.54, 1.807) is 11.0 Å². The molecule has 2 heterocycles. The summed E-state index contributed by atoms with van der Waals surface area (Å²) in [5.41, 5.74) is 0.612. The van der Waals surface area contributed by atoms with Gasteiger partial charge >= 0.3 is 6.09 Å². The highest BCUT2D eigenvalue weighted by Crippen LogP contribution is 2.34. The molecule has 7 heteroatoms. The Morgan fingerprint density at radius 1 is 1.35 bits per heavy atom. The minimum absolute atomic E-state index is 0.0136. The van der Waals surface area contributed by atoms with E-state index in [0.717, 1.165) is 23.7 Å². The van der Waals surface area contributed by atoms with Gasteiger partial charge in [-0.2, -0.15) is 0 Å². The summed E-state index contributed by atoms with van der Waals surface area (Å²) in [7, 11) is 0. The smallest absolute Gasteiger partial charge is 0.410 e. The molecule has 0 unspecified atom stereocenters. The van der Waals surface area contributed by atoms with Crippen LogP contribution in [0.25, 0.3) is 10.9 Å². The van der Waals surface area contributed by atoms with Crippen LogP contribution in [0.3, 0.4) is 0 Å². The molecule has 1 aromatic carbocycles. The van der Waals surface area contributed by atoms with Gasteiger partial charge in [-0.1, -0.05) is 18.2 Å². The topological polar surface area (TPSA) is 85.6 Å². The predicted octanol–water partition coefficient (Wildman–Crippen LogP) is 4.26. The Kier molecular flexibility index (Phi) is 4.80. The molecular weight excluding hydrogens is 334 g/mol. The van der Waals surface area contributed by atoms with Gasteiger partial charge < -0.3 is 9.64 Å². The molecular formula is C19H23N3O4. The first-order valence-corrected chi connectivity index (χ1v) is 8.76. The number of rotatable bonds is 2. The molecule has 1 aliphatic rings. The lowest BCUT2D eigenvalue weighted by molar-refractivity contribution is -0.386. The van der Waals surface area contributed by atoms with E-state index in [-0.39, 0.29) is 22.6 Å². The maximum absolute atomic E-state index is 12.4. The number of carbonyl (C=O) groups is 1. The summed E-state index contributed by atoms with van der Waals surface area (Å²) in [6.07, 6.45) is 1.13. The van der Waals surface area contributed by atoms with Crippen LogP contribution >= 0.6 is 0 Å². The molecule has 1 saturated heterocycles. The quantitative estimate of drug-likeness (QED) is 0.592. The van der Waals surface area contributed by atoms with Crippen LogP contribution < -0.4 is 0 Å². The first kappa shape index (κ1) is 18.1. The van der Waals surface area contributed by atoms with Gasteiger partial charge in [-0.15, -0.1) is 0 Å². The number of para-hydroxylation sites is 1. The average molecular weight is 357 g/mol. The molecule has 26 heavy (non-hydrogen) atoms. The molecule has 1 aromatic heterocycles. The monoisotopic (exact) mass is 357 g/mol.